The highest BCUT2D eigenvalue weighted by molar-refractivity contribution is 14.0. The van der Waals surface area contributed by atoms with E-state index in [0.29, 0.717) is 6.04 Å². The van der Waals surface area contributed by atoms with Gasteiger partial charge in [0.15, 0.2) is 5.96 Å². The molecule has 4 nitrogen and oxygen atoms in total. The maximum absolute atomic E-state index is 13.2. The van der Waals surface area contributed by atoms with E-state index >= 15 is 0 Å². The van der Waals surface area contributed by atoms with E-state index in [2.05, 4.69) is 20.5 Å². The Morgan fingerprint density at radius 3 is 2.80 bits per heavy atom. The van der Waals surface area contributed by atoms with Crippen LogP contribution >= 0.6 is 24.0 Å². The molecule has 2 fully saturated rings. The zero-order valence-corrected chi connectivity index (χ0v) is 17.3. The molecule has 1 aromatic carbocycles. The predicted molar refractivity (Wildman–Crippen MR) is 112 cm³/mol. The molecule has 6 heteroatoms. The number of hydrogen-bond acceptors (Lipinski definition) is 2. The maximum atomic E-state index is 13.2. The lowest BCUT2D eigenvalue weighted by Crippen LogP contribution is -2.45. The van der Waals surface area contributed by atoms with Crippen LogP contribution in [0, 0.1) is 5.82 Å². The number of likely N-dealkylation sites (tertiary alicyclic amines) is 1. The molecule has 140 valence electrons. The Hall–Kier alpha value is -0.890. The average Bonchev–Trinajstić information content (AvgIpc) is 3.25. The van der Waals surface area contributed by atoms with E-state index in [4.69, 9.17) is 0 Å². The summed E-state index contributed by atoms with van der Waals surface area (Å²) in [7, 11) is 1.81. The minimum absolute atomic E-state index is 0. The third kappa shape index (κ3) is 6.09. The van der Waals surface area contributed by atoms with Gasteiger partial charge in [-0.05, 0) is 43.4 Å². The zero-order chi connectivity index (χ0) is 16.8. The Labute approximate surface area is 167 Å². The normalized spacial score (nSPS) is 22.0. The first-order valence-corrected chi connectivity index (χ1v) is 9.20. The minimum atomic E-state index is -0.173. The molecular formula is C19H30FIN4. The molecular weight excluding hydrogens is 430 g/mol. The van der Waals surface area contributed by atoms with Gasteiger partial charge in [-0.3, -0.25) is 9.89 Å². The summed E-state index contributed by atoms with van der Waals surface area (Å²) in [4.78, 5) is 6.97. The molecule has 0 aromatic heterocycles. The van der Waals surface area contributed by atoms with Crippen LogP contribution in [0.1, 0.15) is 37.7 Å². The number of rotatable bonds is 5. The highest BCUT2D eigenvalue weighted by atomic mass is 127. The second-order valence-electron chi connectivity index (χ2n) is 6.94. The van der Waals surface area contributed by atoms with Crippen molar-refractivity contribution in [2.24, 2.45) is 4.99 Å². The van der Waals surface area contributed by atoms with E-state index in [9.17, 15) is 4.39 Å². The number of nitrogens with one attached hydrogen (secondary N) is 2. The van der Waals surface area contributed by atoms with Gasteiger partial charge >= 0.3 is 0 Å². The van der Waals surface area contributed by atoms with Gasteiger partial charge in [-0.2, -0.15) is 0 Å². The van der Waals surface area contributed by atoms with Crippen molar-refractivity contribution in [3.63, 3.8) is 0 Å². The standard InChI is InChI=1S/C19H29FN4.HI/c1-21-19(22-11-9-15-5-4-6-16(20)13-15)23-17-10-12-24(14-17)18-7-2-3-8-18;/h4-6,13,17-18H,2-3,7-12,14H2,1H3,(H2,21,22,23);1H. The Morgan fingerprint density at radius 1 is 1.28 bits per heavy atom. The molecule has 1 saturated heterocycles. The van der Waals surface area contributed by atoms with Gasteiger partial charge in [0.2, 0.25) is 0 Å². The van der Waals surface area contributed by atoms with Gasteiger partial charge in [0.1, 0.15) is 5.82 Å². The van der Waals surface area contributed by atoms with Crippen LogP contribution in [0.3, 0.4) is 0 Å². The van der Waals surface area contributed by atoms with E-state index in [0.717, 1.165) is 37.1 Å². The number of guanidine groups is 1. The summed E-state index contributed by atoms with van der Waals surface area (Å²) in [5, 5.41) is 6.89. The number of benzene rings is 1. The van der Waals surface area contributed by atoms with Crippen molar-refractivity contribution in [2.45, 2.75) is 50.6 Å². The first kappa shape index (κ1) is 20.4. The molecule has 1 aliphatic carbocycles. The zero-order valence-electron chi connectivity index (χ0n) is 15.0. The SMILES string of the molecule is CN=C(NCCc1cccc(F)c1)NC1CCN(C2CCCC2)C1.I. The Balaban J connectivity index is 0.00000225. The van der Waals surface area contributed by atoms with Gasteiger partial charge in [-0.15, -0.1) is 24.0 Å². The van der Waals surface area contributed by atoms with Crippen LogP contribution in [0.2, 0.25) is 0 Å². The number of hydrogen-bond donors (Lipinski definition) is 2. The van der Waals surface area contributed by atoms with Crippen LogP contribution in [0.15, 0.2) is 29.3 Å². The minimum Gasteiger partial charge on any atom is -0.356 e. The molecule has 1 atom stereocenters. The maximum Gasteiger partial charge on any atom is 0.191 e. The molecule has 1 unspecified atom stereocenters. The van der Waals surface area contributed by atoms with Gasteiger partial charge in [0.05, 0.1) is 0 Å². The van der Waals surface area contributed by atoms with E-state index in [1.165, 1.54) is 44.7 Å². The van der Waals surface area contributed by atoms with E-state index < -0.39 is 0 Å². The number of nitrogens with zero attached hydrogens (tertiary/aromatic N) is 2. The second kappa shape index (κ2) is 10.3. The topological polar surface area (TPSA) is 39.7 Å². The summed E-state index contributed by atoms with van der Waals surface area (Å²) in [6.45, 7) is 3.07. The summed E-state index contributed by atoms with van der Waals surface area (Å²) in [6.07, 6.45) is 7.49. The van der Waals surface area contributed by atoms with Crippen molar-refractivity contribution < 1.29 is 4.39 Å². The molecule has 2 N–H and O–H groups in total. The summed E-state index contributed by atoms with van der Waals surface area (Å²) in [5.41, 5.74) is 1.01. The largest absolute Gasteiger partial charge is 0.356 e. The summed E-state index contributed by atoms with van der Waals surface area (Å²) in [5.74, 6) is 0.678. The summed E-state index contributed by atoms with van der Waals surface area (Å²) in [6, 6.07) is 8.07. The van der Waals surface area contributed by atoms with Gasteiger partial charge in [-0.1, -0.05) is 25.0 Å². The van der Waals surface area contributed by atoms with Gasteiger partial charge in [0.25, 0.3) is 0 Å². The molecule has 0 amide bonds. The molecule has 1 saturated carbocycles. The van der Waals surface area contributed by atoms with Gasteiger partial charge in [0, 0.05) is 38.8 Å². The van der Waals surface area contributed by atoms with Crippen molar-refractivity contribution in [1.29, 1.82) is 0 Å². The lowest BCUT2D eigenvalue weighted by molar-refractivity contribution is 0.242. The third-order valence-electron chi connectivity index (χ3n) is 5.22. The molecule has 1 heterocycles. The Morgan fingerprint density at radius 2 is 2.08 bits per heavy atom. The highest BCUT2D eigenvalue weighted by Crippen LogP contribution is 2.26. The van der Waals surface area contributed by atoms with Crippen LogP contribution in [-0.4, -0.2) is 49.6 Å². The number of halogens is 2. The van der Waals surface area contributed by atoms with Gasteiger partial charge < -0.3 is 10.6 Å². The first-order valence-electron chi connectivity index (χ1n) is 9.20. The molecule has 2 aliphatic rings. The Kier molecular flexibility index (Phi) is 8.42. The second-order valence-corrected chi connectivity index (χ2v) is 6.94. The monoisotopic (exact) mass is 460 g/mol. The lowest BCUT2D eigenvalue weighted by Gasteiger charge is -2.24. The van der Waals surface area contributed by atoms with Crippen molar-refractivity contribution in [3.8, 4) is 0 Å². The van der Waals surface area contributed by atoms with Crippen molar-refractivity contribution in [2.75, 3.05) is 26.7 Å². The highest BCUT2D eigenvalue weighted by Gasteiger charge is 2.30. The fourth-order valence-electron chi connectivity index (χ4n) is 3.91. The summed E-state index contributed by atoms with van der Waals surface area (Å²) < 4.78 is 13.2. The van der Waals surface area contributed by atoms with Crippen LogP contribution in [-0.2, 0) is 6.42 Å². The molecule has 0 radical (unpaired) electrons. The van der Waals surface area contributed by atoms with Crippen LogP contribution in [0.5, 0.6) is 0 Å². The summed E-state index contributed by atoms with van der Waals surface area (Å²) >= 11 is 0. The molecule has 0 bridgehead atoms. The fraction of sp³-hybridized carbons (Fsp3) is 0.632. The lowest BCUT2D eigenvalue weighted by atomic mass is 10.1. The fourth-order valence-corrected chi connectivity index (χ4v) is 3.91. The van der Waals surface area contributed by atoms with Crippen molar-refractivity contribution in [3.05, 3.63) is 35.6 Å². The van der Waals surface area contributed by atoms with E-state index in [1.54, 1.807) is 19.2 Å². The van der Waals surface area contributed by atoms with Crippen molar-refractivity contribution >= 4 is 29.9 Å². The Bertz CT molecular complexity index is 560. The molecule has 0 spiro atoms. The predicted octanol–water partition coefficient (Wildman–Crippen LogP) is 3.17. The smallest absolute Gasteiger partial charge is 0.191 e. The van der Waals surface area contributed by atoms with Crippen LogP contribution in [0.25, 0.3) is 0 Å². The van der Waals surface area contributed by atoms with Crippen molar-refractivity contribution in [1.82, 2.24) is 15.5 Å². The van der Waals surface area contributed by atoms with Crippen LogP contribution in [0.4, 0.5) is 4.39 Å². The molecule has 25 heavy (non-hydrogen) atoms. The van der Waals surface area contributed by atoms with Gasteiger partial charge in [-0.25, -0.2) is 4.39 Å². The molecule has 3 rings (SSSR count). The third-order valence-corrected chi connectivity index (χ3v) is 5.22. The first-order chi connectivity index (χ1) is 11.7. The molecule has 1 aliphatic heterocycles. The number of aliphatic imine (C=N–C) groups is 1. The molecule has 1 aromatic rings. The van der Waals surface area contributed by atoms with E-state index in [1.807, 2.05) is 6.07 Å². The van der Waals surface area contributed by atoms with E-state index in [-0.39, 0.29) is 29.8 Å². The quantitative estimate of drug-likeness (QED) is 0.403. The average molecular weight is 460 g/mol. The van der Waals surface area contributed by atoms with Crippen LogP contribution < -0.4 is 10.6 Å².